The van der Waals surface area contributed by atoms with Crippen LogP contribution in [-0.2, 0) is 23.2 Å². The smallest absolute Gasteiger partial charge is 0.235 e. The van der Waals surface area contributed by atoms with Crippen LogP contribution in [0.5, 0.6) is 0 Å². The minimum absolute atomic E-state index is 0.191. The highest BCUT2D eigenvalue weighted by molar-refractivity contribution is 5.97. The first-order valence-electron chi connectivity index (χ1n) is 8.45. The topological polar surface area (TPSA) is 59.8 Å². The van der Waals surface area contributed by atoms with Gasteiger partial charge in [0.1, 0.15) is 5.82 Å². The van der Waals surface area contributed by atoms with Gasteiger partial charge in [0, 0.05) is 31.2 Å². The van der Waals surface area contributed by atoms with Gasteiger partial charge in [0.05, 0.1) is 5.41 Å². The molecule has 5 nitrogen and oxygen atoms in total. The fourth-order valence-electron chi connectivity index (χ4n) is 2.62. The maximum absolute atomic E-state index is 13.1. The van der Waals surface area contributed by atoms with E-state index >= 15 is 0 Å². The predicted octanol–water partition coefficient (Wildman–Crippen LogP) is 3.58. The molecule has 0 unspecified atom stereocenters. The number of nitrogens with one attached hydrogen (secondary N) is 1. The lowest BCUT2D eigenvalue weighted by atomic mass is 9.84. The van der Waals surface area contributed by atoms with Crippen molar-refractivity contribution in [2.75, 3.05) is 5.32 Å². The van der Waals surface area contributed by atoms with Crippen molar-refractivity contribution in [3.05, 3.63) is 78.0 Å². The van der Waals surface area contributed by atoms with E-state index in [-0.39, 0.29) is 11.7 Å². The summed E-state index contributed by atoms with van der Waals surface area (Å²) in [4.78, 5) is 16.6. The van der Waals surface area contributed by atoms with E-state index in [1.807, 2.05) is 18.3 Å². The fraction of sp³-hybridized carbons (Fsp3) is 0.250. The maximum atomic E-state index is 13.1. The van der Waals surface area contributed by atoms with Crippen LogP contribution in [0, 0.1) is 5.82 Å². The third kappa shape index (κ3) is 4.14. The van der Waals surface area contributed by atoms with E-state index in [9.17, 15) is 9.18 Å². The van der Waals surface area contributed by atoms with E-state index in [0.717, 1.165) is 12.0 Å². The van der Waals surface area contributed by atoms with Gasteiger partial charge in [-0.3, -0.25) is 14.5 Å². The summed E-state index contributed by atoms with van der Waals surface area (Å²) in [5.74, 6) is -0.0127. The number of hydrogen-bond donors (Lipinski definition) is 1. The minimum Gasteiger partial charge on any atom is -0.308 e. The monoisotopic (exact) mass is 352 g/mol. The molecule has 3 aromatic rings. The van der Waals surface area contributed by atoms with Gasteiger partial charge in [-0.25, -0.2) is 4.39 Å². The molecular weight excluding hydrogens is 331 g/mol. The highest BCUT2D eigenvalue weighted by atomic mass is 19.1. The molecule has 0 atom stereocenters. The average Bonchev–Trinajstić information content (AvgIpc) is 3.08. The Labute approximate surface area is 151 Å². The summed E-state index contributed by atoms with van der Waals surface area (Å²) in [5, 5.41) is 7.23. The molecule has 2 heterocycles. The molecule has 134 valence electrons. The van der Waals surface area contributed by atoms with Crippen LogP contribution in [0.2, 0.25) is 0 Å². The molecule has 1 aromatic carbocycles. The zero-order valence-electron chi connectivity index (χ0n) is 14.8. The van der Waals surface area contributed by atoms with E-state index in [1.54, 1.807) is 49.1 Å². The van der Waals surface area contributed by atoms with E-state index in [1.165, 1.54) is 17.7 Å². The maximum Gasteiger partial charge on any atom is 0.235 e. The van der Waals surface area contributed by atoms with Crippen molar-refractivity contribution in [1.82, 2.24) is 14.8 Å². The number of carbonyl (C=O) groups excluding carboxylic acids is 1. The van der Waals surface area contributed by atoms with Crippen molar-refractivity contribution in [3.63, 3.8) is 0 Å². The number of anilines is 1. The number of amides is 1. The minimum atomic E-state index is -0.797. The highest BCUT2D eigenvalue weighted by Crippen LogP contribution is 2.25. The number of aryl methyl sites for hydroxylation is 2. The molecule has 6 heteroatoms. The lowest BCUT2D eigenvalue weighted by Gasteiger charge is -2.23. The Kier molecular flexibility index (Phi) is 5.11. The van der Waals surface area contributed by atoms with E-state index in [4.69, 9.17) is 0 Å². The van der Waals surface area contributed by atoms with Crippen molar-refractivity contribution in [3.8, 4) is 0 Å². The van der Waals surface area contributed by atoms with Crippen LogP contribution in [0.25, 0.3) is 0 Å². The Morgan fingerprint density at radius 2 is 1.81 bits per heavy atom. The molecule has 1 N–H and O–H groups in total. The molecular formula is C20H21FN4O. The van der Waals surface area contributed by atoms with Crippen molar-refractivity contribution in [1.29, 1.82) is 0 Å². The summed E-state index contributed by atoms with van der Waals surface area (Å²) in [6.07, 6.45) is 6.20. The quantitative estimate of drug-likeness (QED) is 0.738. The van der Waals surface area contributed by atoms with Crippen LogP contribution in [0.3, 0.4) is 0 Å². The van der Waals surface area contributed by atoms with Crippen LogP contribution in [0.4, 0.5) is 10.2 Å². The van der Waals surface area contributed by atoms with E-state index in [2.05, 4.69) is 15.4 Å². The number of aromatic nitrogens is 3. The summed E-state index contributed by atoms with van der Waals surface area (Å²) < 4.78 is 14.9. The van der Waals surface area contributed by atoms with Crippen LogP contribution in [0.15, 0.2) is 61.1 Å². The Morgan fingerprint density at radius 3 is 2.50 bits per heavy atom. The van der Waals surface area contributed by atoms with Crippen LogP contribution >= 0.6 is 0 Å². The summed E-state index contributed by atoms with van der Waals surface area (Å²) in [5.41, 5.74) is 1.13. The molecule has 0 saturated carbocycles. The zero-order chi connectivity index (χ0) is 18.6. The SMILES string of the molecule is CC(C)(C(=O)Nc1ccn(CCc2ccncc2)n1)c1ccc(F)cc1. The first-order chi connectivity index (χ1) is 12.4. The summed E-state index contributed by atoms with van der Waals surface area (Å²) >= 11 is 0. The predicted molar refractivity (Wildman–Crippen MR) is 98.2 cm³/mol. The molecule has 1 amide bonds. The van der Waals surface area contributed by atoms with Gasteiger partial charge in [-0.05, 0) is 55.7 Å². The molecule has 0 bridgehead atoms. The van der Waals surface area contributed by atoms with Gasteiger partial charge < -0.3 is 5.32 Å². The Balaban J connectivity index is 1.62. The van der Waals surface area contributed by atoms with Gasteiger partial charge >= 0.3 is 0 Å². The molecule has 0 spiro atoms. The lowest BCUT2D eigenvalue weighted by Crippen LogP contribution is -2.34. The van der Waals surface area contributed by atoms with Crippen molar-refractivity contribution in [2.45, 2.75) is 32.2 Å². The van der Waals surface area contributed by atoms with E-state index in [0.29, 0.717) is 12.4 Å². The number of benzene rings is 1. The first-order valence-corrected chi connectivity index (χ1v) is 8.45. The molecule has 26 heavy (non-hydrogen) atoms. The van der Waals surface area contributed by atoms with Gasteiger partial charge in [-0.2, -0.15) is 5.10 Å². The number of carbonyl (C=O) groups is 1. The molecule has 0 fully saturated rings. The second-order valence-corrected chi connectivity index (χ2v) is 6.66. The Morgan fingerprint density at radius 1 is 1.12 bits per heavy atom. The molecule has 0 saturated heterocycles. The van der Waals surface area contributed by atoms with E-state index < -0.39 is 5.41 Å². The van der Waals surface area contributed by atoms with Crippen molar-refractivity contribution >= 4 is 11.7 Å². The van der Waals surface area contributed by atoms with Crippen LogP contribution < -0.4 is 5.32 Å². The molecule has 0 aliphatic heterocycles. The molecule has 0 aliphatic rings. The van der Waals surface area contributed by atoms with Gasteiger partial charge in [-0.1, -0.05) is 12.1 Å². The summed E-state index contributed by atoms with van der Waals surface area (Å²) in [6.45, 7) is 4.31. The normalized spacial score (nSPS) is 11.3. The number of nitrogens with zero attached hydrogens (tertiary/aromatic N) is 3. The van der Waals surface area contributed by atoms with Gasteiger partial charge in [0.2, 0.25) is 5.91 Å². The Bertz CT molecular complexity index is 872. The van der Waals surface area contributed by atoms with Crippen LogP contribution in [-0.4, -0.2) is 20.7 Å². The molecule has 2 aromatic heterocycles. The number of hydrogen-bond acceptors (Lipinski definition) is 3. The second kappa shape index (κ2) is 7.47. The highest BCUT2D eigenvalue weighted by Gasteiger charge is 2.30. The molecule has 0 radical (unpaired) electrons. The fourth-order valence-corrected chi connectivity index (χ4v) is 2.62. The third-order valence-corrected chi connectivity index (χ3v) is 4.39. The number of pyridine rings is 1. The zero-order valence-corrected chi connectivity index (χ0v) is 14.8. The average molecular weight is 352 g/mol. The number of halogens is 1. The molecule has 0 aliphatic carbocycles. The third-order valence-electron chi connectivity index (χ3n) is 4.39. The second-order valence-electron chi connectivity index (χ2n) is 6.66. The first kappa shape index (κ1) is 17.8. The Hall–Kier alpha value is -3.02. The number of rotatable bonds is 6. The van der Waals surface area contributed by atoms with Crippen molar-refractivity contribution < 1.29 is 9.18 Å². The largest absolute Gasteiger partial charge is 0.308 e. The standard InChI is InChI=1S/C20H21FN4O/c1-20(2,16-3-5-17(21)6-4-16)19(26)23-18-10-14-25(24-18)13-9-15-7-11-22-12-8-15/h3-8,10-12,14H,9,13H2,1-2H3,(H,23,24,26). The summed E-state index contributed by atoms with van der Waals surface area (Å²) in [6, 6.07) is 11.7. The van der Waals surface area contributed by atoms with Gasteiger partial charge in [0.15, 0.2) is 5.82 Å². The summed E-state index contributed by atoms with van der Waals surface area (Å²) in [7, 11) is 0. The van der Waals surface area contributed by atoms with Crippen LogP contribution in [0.1, 0.15) is 25.0 Å². The molecule has 3 rings (SSSR count). The lowest BCUT2D eigenvalue weighted by molar-refractivity contribution is -0.120. The van der Waals surface area contributed by atoms with Gasteiger partial charge in [-0.15, -0.1) is 0 Å². The van der Waals surface area contributed by atoms with Gasteiger partial charge in [0.25, 0.3) is 0 Å². The van der Waals surface area contributed by atoms with Crippen molar-refractivity contribution in [2.24, 2.45) is 0 Å².